The van der Waals surface area contributed by atoms with Crippen LogP contribution in [0.1, 0.15) is 32.3 Å². The SMILES string of the molecule is CN=C(NCCCOCC1CCOC1)NCc1ccc(S(=O)(=O)N(C)C(C)C)cc1.I. The molecule has 1 aliphatic heterocycles. The van der Waals surface area contributed by atoms with E-state index in [1.807, 2.05) is 26.0 Å². The lowest BCUT2D eigenvalue weighted by molar-refractivity contribution is 0.0888. The smallest absolute Gasteiger partial charge is 0.243 e. The van der Waals surface area contributed by atoms with Crippen molar-refractivity contribution in [3.8, 4) is 0 Å². The second-order valence-corrected chi connectivity index (χ2v) is 9.77. The van der Waals surface area contributed by atoms with Crippen LogP contribution in [0.2, 0.25) is 0 Å². The summed E-state index contributed by atoms with van der Waals surface area (Å²) in [5.74, 6) is 1.25. The van der Waals surface area contributed by atoms with E-state index in [1.165, 1.54) is 4.31 Å². The fraction of sp³-hybridized carbons (Fsp3) is 0.667. The van der Waals surface area contributed by atoms with E-state index in [2.05, 4.69) is 15.6 Å². The number of guanidine groups is 1. The number of hydrogen-bond donors (Lipinski definition) is 2. The molecule has 2 N–H and O–H groups in total. The molecule has 0 radical (unpaired) electrons. The number of nitrogens with zero attached hydrogens (tertiary/aromatic N) is 2. The molecule has 8 nitrogen and oxygen atoms in total. The molecule has 0 aromatic heterocycles. The first-order chi connectivity index (χ1) is 14.3. The minimum absolute atomic E-state index is 0. The number of sulfonamides is 1. The molecule has 0 saturated carbocycles. The highest BCUT2D eigenvalue weighted by Crippen LogP contribution is 2.17. The van der Waals surface area contributed by atoms with Crippen LogP contribution in [0, 0.1) is 5.92 Å². The highest BCUT2D eigenvalue weighted by Gasteiger charge is 2.22. The molecule has 1 unspecified atom stereocenters. The Morgan fingerprint density at radius 1 is 1.29 bits per heavy atom. The Morgan fingerprint density at radius 2 is 2.00 bits per heavy atom. The van der Waals surface area contributed by atoms with Crippen molar-refractivity contribution in [1.82, 2.24) is 14.9 Å². The molecule has 178 valence electrons. The van der Waals surface area contributed by atoms with Gasteiger partial charge in [-0.3, -0.25) is 4.99 Å². The van der Waals surface area contributed by atoms with Crippen LogP contribution >= 0.6 is 24.0 Å². The van der Waals surface area contributed by atoms with Gasteiger partial charge in [-0.25, -0.2) is 8.42 Å². The molecular weight excluding hydrogens is 531 g/mol. The third kappa shape index (κ3) is 9.21. The number of halogens is 1. The van der Waals surface area contributed by atoms with Crippen LogP contribution in [0.25, 0.3) is 0 Å². The van der Waals surface area contributed by atoms with Gasteiger partial charge in [0, 0.05) is 52.4 Å². The lowest BCUT2D eigenvalue weighted by atomic mass is 10.1. The molecule has 10 heteroatoms. The highest BCUT2D eigenvalue weighted by atomic mass is 127. The maximum absolute atomic E-state index is 12.5. The van der Waals surface area contributed by atoms with Crippen molar-refractivity contribution in [1.29, 1.82) is 0 Å². The monoisotopic (exact) mass is 568 g/mol. The number of ether oxygens (including phenoxy) is 2. The average Bonchev–Trinajstić information content (AvgIpc) is 3.25. The molecule has 31 heavy (non-hydrogen) atoms. The van der Waals surface area contributed by atoms with Crippen LogP contribution in [-0.2, 0) is 26.0 Å². The standard InChI is InChI=1S/C21H36N4O4S.HI/c1-17(2)25(4)30(26,27)20-8-6-18(7-9-20)14-24-21(22-3)23-11-5-12-28-15-19-10-13-29-16-19;/h6-9,17,19H,5,10-16H2,1-4H3,(H2,22,23,24);1H. The first-order valence-corrected chi connectivity index (χ1v) is 12.0. The van der Waals surface area contributed by atoms with Crippen molar-refractivity contribution in [3.05, 3.63) is 29.8 Å². The molecule has 1 aromatic rings. The number of rotatable bonds is 11. The van der Waals surface area contributed by atoms with Gasteiger partial charge >= 0.3 is 0 Å². The van der Waals surface area contributed by atoms with Gasteiger partial charge in [-0.2, -0.15) is 4.31 Å². The molecule has 1 atom stereocenters. The summed E-state index contributed by atoms with van der Waals surface area (Å²) in [7, 11) is -0.136. The van der Waals surface area contributed by atoms with Crippen molar-refractivity contribution >= 4 is 40.0 Å². The zero-order valence-electron chi connectivity index (χ0n) is 19.0. The fourth-order valence-electron chi connectivity index (χ4n) is 2.98. The minimum Gasteiger partial charge on any atom is -0.381 e. The lowest BCUT2D eigenvalue weighted by Crippen LogP contribution is -2.37. The van der Waals surface area contributed by atoms with E-state index < -0.39 is 10.0 Å². The summed E-state index contributed by atoms with van der Waals surface area (Å²) < 4.78 is 37.5. The van der Waals surface area contributed by atoms with Crippen LogP contribution in [-0.4, -0.2) is 71.8 Å². The summed E-state index contributed by atoms with van der Waals surface area (Å²) in [6.07, 6.45) is 1.99. The maximum atomic E-state index is 12.5. The average molecular weight is 569 g/mol. The molecule has 0 spiro atoms. The Morgan fingerprint density at radius 3 is 2.58 bits per heavy atom. The van der Waals surface area contributed by atoms with E-state index in [1.54, 1.807) is 26.2 Å². The first kappa shape index (κ1) is 28.1. The Balaban J connectivity index is 0.00000480. The zero-order valence-corrected chi connectivity index (χ0v) is 22.1. The van der Waals surface area contributed by atoms with Gasteiger partial charge in [0.1, 0.15) is 0 Å². The molecule has 2 rings (SSSR count). The zero-order chi connectivity index (χ0) is 22.0. The molecule has 1 saturated heterocycles. The van der Waals surface area contributed by atoms with E-state index in [4.69, 9.17) is 9.47 Å². The Bertz CT molecular complexity index is 766. The lowest BCUT2D eigenvalue weighted by Gasteiger charge is -2.21. The van der Waals surface area contributed by atoms with Crippen molar-refractivity contribution in [2.75, 3.05) is 47.1 Å². The largest absolute Gasteiger partial charge is 0.381 e. The number of hydrogen-bond acceptors (Lipinski definition) is 5. The molecule has 1 aromatic carbocycles. The summed E-state index contributed by atoms with van der Waals surface area (Å²) in [5, 5.41) is 6.51. The third-order valence-electron chi connectivity index (χ3n) is 5.15. The van der Waals surface area contributed by atoms with Crippen molar-refractivity contribution in [2.24, 2.45) is 10.9 Å². The van der Waals surface area contributed by atoms with Crippen LogP contribution < -0.4 is 10.6 Å². The predicted octanol–water partition coefficient (Wildman–Crippen LogP) is 2.44. The van der Waals surface area contributed by atoms with Crippen LogP contribution in [0.3, 0.4) is 0 Å². The first-order valence-electron chi connectivity index (χ1n) is 10.5. The van der Waals surface area contributed by atoms with E-state index >= 15 is 0 Å². The van der Waals surface area contributed by atoms with E-state index in [0.29, 0.717) is 29.9 Å². The predicted molar refractivity (Wildman–Crippen MR) is 135 cm³/mol. The van der Waals surface area contributed by atoms with Gasteiger partial charge in [0.05, 0.1) is 18.1 Å². The number of nitrogens with one attached hydrogen (secondary N) is 2. The molecule has 0 bridgehead atoms. The fourth-order valence-corrected chi connectivity index (χ4v) is 4.34. The molecule has 0 aliphatic carbocycles. The molecule has 1 aliphatic rings. The second kappa shape index (κ2) is 14.2. The van der Waals surface area contributed by atoms with Crippen LogP contribution in [0.15, 0.2) is 34.2 Å². The number of aliphatic imine (C=N–C) groups is 1. The topological polar surface area (TPSA) is 92.3 Å². The maximum Gasteiger partial charge on any atom is 0.243 e. The summed E-state index contributed by atoms with van der Waals surface area (Å²) in [4.78, 5) is 4.52. The van der Waals surface area contributed by atoms with E-state index in [0.717, 1.165) is 44.8 Å². The summed E-state index contributed by atoms with van der Waals surface area (Å²) in [6, 6.07) is 6.85. The van der Waals surface area contributed by atoms with Crippen molar-refractivity contribution < 1.29 is 17.9 Å². The van der Waals surface area contributed by atoms with Crippen molar-refractivity contribution in [2.45, 2.75) is 44.2 Å². The van der Waals surface area contributed by atoms with Gasteiger partial charge in [0.2, 0.25) is 10.0 Å². The van der Waals surface area contributed by atoms with Crippen LogP contribution in [0.4, 0.5) is 0 Å². The van der Waals surface area contributed by atoms with Gasteiger partial charge in [0.25, 0.3) is 0 Å². The normalized spacial score (nSPS) is 17.1. The van der Waals surface area contributed by atoms with Gasteiger partial charge in [-0.15, -0.1) is 24.0 Å². The Hall–Kier alpha value is -0.950. The summed E-state index contributed by atoms with van der Waals surface area (Å²) in [6.45, 7) is 8.17. The minimum atomic E-state index is -3.46. The summed E-state index contributed by atoms with van der Waals surface area (Å²) in [5.41, 5.74) is 0.978. The van der Waals surface area contributed by atoms with E-state index in [9.17, 15) is 8.42 Å². The molecular formula is C21H37IN4O4S. The van der Waals surface area contributed by atoms with Gasteiger partial charge in [0.15, 0.2) is 5.96 Å². The van der Waals surface area contributed by atoms with Crippen LogP contribution in [0.5, 0.6) is 0 Å². The third-order valence-corrected chi connectivity index (χ3v) is 7.19. The number of benzene rings is 1. The van der Waals surface area contributed by atoms with Gasteiger partial charge in [-0.1, -0.05) is 12.1 Å². The quantitative estimate of drug-likeness (QED) is 0.185. The molecule has 1 fully saturated rings. The van der Waals surface area contributed by atoms with Gasteiger partial charge < -0.3 is 20.1 Å². The van der Waals surface area contributed by atoms with Gasteiger partial charge in [-0.05, 0) is 44.4 Å². The second-order valence-electron chi connectivity index (χ2n) is 7.77. The highest BCUT2D eigenvalue weighted by molar-refractivity contribution is 14.0. The molecule has 0 amide bonds. The van der Waals surface area contributed by atoms with E-state index in [-0.39, 0.29) is 30.0 Å². The Kier molecular flexibility index (Phi) is 12.9. The summed E-state index contributed by atoms with van der Waals surface area (Å²) >= 11 is 0. The Labute approximate surface area is 204 Å². The molecule has 1 heterocycles. The van der Waals surface area contributed by atoms with Crippen molar-refractivity contribution in [3.63, 3.8) is 0 Å².